The first kappa shape index (κ1) is 27.9. The second-order valence-electron chi connectivity index (χ2n) is 6.17. The normalized spacial score (nSPS) is 10.5. The minimum atomic E-state index is -0.474. The molecular weight excluding hydrogens is 400 g/mol. The summed E-state index contributed by atoms with van der Waals surface area (Å²) >= 11 is 0. The number of hydrogen-bond donors (Lipinski definition) is 3. The van der Waals surface area contributed by atoms with Gasteiger partial charge in [0.15, 0.2) is 0 Å². The Morgan fingerprint density at radius 2 is 1.40 bits per heavy atom. The van der Waals surface area contributed by atoms with Crippen LogP contribution in [0, 0.1) is 0 Å². The van der Waals surface area contributed by atoms with Crippen molar-refractivity contribution in [2.24, 2.45) is 5.73 Å². The largest absolute Gasteiger partial charge is 0.464 e. The number of ether oxygens (including phenoxy) is 4. The highest BCUT2D eigenvalue weighted by atomic mass is 16.6. The van der Waals surface area contributed by atoms with E-state index in [0.717, 1.165) is 0 Å². The summed E-state index contributed by atoms with van der Waals surface area (Å²) in [4.78, 5) is 45.9. The summed E-state index contributed by atoms with van der Waals surface area (Å²) in [6, 6.07) is 0. The van der Waals surface area contributed by atoms with Crippen LogP contribution in [-0.4, -0.2) is 88.1 Å². The van der Waals surface area contributed by atoms with Crippen LogP contribution in [0.1, 0.15) is 38.5 Å². The van der Waals surface area contributed by atoms with Crippen molar-refractivity contribution >= 4 is 23.6 Å². The first-order chi connectivity index (χ1) is 14.5. The highest BCUT2D eigenvalue weighted by Gasteiger charge is 2.09. The molecule has 0 fully saturated rings. The zero-order chi connectivity index (χ0) is 22.5. The van der Waals surface area contributed by atoms with Crippen LogP contribution in [0.2, 0.25) is 0 Å². The molecule has 0 radical (unpaired) electrons. The third-order valence-corrected chi connectivity index (χ3v) is 3.58. The Bertz CT molecular complexity index is 500. The van der Waals surface area contributed by atoms with Crippen molar-refractivity contribution < 1.29 is 43.2 Å². The molecule has 174 valence electrons. The molecule has 0 saturated carbocycles. The maximum Gasteiger partial charge on any atom is 0.306 e. The number of carbonyl (C=O) groups excluding carboxylic acids is 4. The van der Waals surface area contributed by atoms with E-state index in [-0.39, 0.29) is 90.1 Å². The number of rotatable bonds is 20. The molecule has 0 aliphatic heterocycles. The molecule has 0 aromatic heterocycles. The number of ketones is 1. The molecule has 0 aliphatic rings. The fraction of sp³-hybridized carbons (Fsp3) is 0.789. The van der Waals surface area contributed by atoms with E-state index in [4.69, 9.17) is 29.8 Å². The van der Waals surface area contributed by atoms with Gasteiger partial charge in [-0.25, -0.2) is 0 Å². The number of amides is 1. The number of carbonyl (C=O) groups is 4. The van der Waals surface area contributed by atoms with Gasteiger partial charge in [0.05, 0.1) is 39.3 Å². The van der Waals surface area contributed by atoms with Gasteiger partial charge >= 0.3 is 11.9 Å². The van der Waals surface area contributed by atoms with E-state index in [0.29, 0.717) is 19.4 Å². The van der Waals surface area contributed by atoms with Gasteiger partial charge in [-0.3, -0.25) is 19.2 Å². The SMILES string of the molecule is NCCOC(=O)CCC(=O)NCCOCCOC(=O)CCC(=O)CCCOCCO. The Kier molecular flexibility index (Phi) is 18.8. The van der Waals surface area contributed by atoms with Crippen LogP contribution in [0.5, 0.6) is 0 Å². The van der Waals surface area contributed by atoms with Crippen molar-refractivity contribution in [3.63, 3.8) is 0 Å². The molecule has 0 atom stereocenters. The molecule has 1 amide bonds. The average molecular weight is 434 g/mol. The van der Waals surface area contributed by atoms with Gasteiger partial charge in [0.2, 0.25) is 5.91 Å². The van der Waals surface area contributed by atoms with Crippen molar-refractivity contribution in [3.05, 3.63) is 0 Å². The van der Waals surface area contributed by atoms with Gasteiger partial charge in [0, 0.05) is 39.0 Å². The van der Waals surface area contributed by atoms with Crippen molar-refractivity contribution in [3.8, 4) is 0 Å². The predicted octanol–water partition coefficient (Wildman–Crippen LogP) is -0.917. The highest BCUT2D eigenvalue weighted by molar-refractivity contribution is 5.83. The lowest BCUT2D eigenvalue weighted by atomic mass is 10.1. The van der Waals surface area contributed by atoms with Crippen LogP contribution < -0.4 is 11.1 Å². The summed E-state index contributed by atoms with van der Waals surface area (Å²) < 4.78 is 20.0. The fourth-order valence-electron chi connectivity index (χ4n) is 2.10. The Morgan fingerprint density at radius 3 is 2.10 bits per heavy atom. The Labute approximate surface area is 176 Å². The Morgan fingerprint density at radius 1 is 0.733 bits per heavy atom. The number of aliphatic hydroxyl groups excluding tert-OH is 1. The maximum atomic E-state index is 11.6. The van der Waals surface area contributed by atoms with Crippen LogP contribution >= 0.6 is 0 Å². The minimum Gasteiger partial charge on any atom is -0.464 e. The smallest absolute Gasteiger partial charge is 0.306 e. The summed E-state index contributed by atoms with van der Waals surface area (Å²) in [7, 11) is 0. The second-order valence-corrected chi connectivity index (χ2v) is 6.17. The van der Waals surface area contributed by atoms with Gasteiger partial charge in [0.1, 0.15) is 19.0 Å². The number of Topliss-reactive ketones (excluding diaryl/α,β-unsaturated/α-hetero) is 1. The first-order valence-electron chi connectivity index (χ1n) is 10.1. The lowest BCUT2D eigenvalue weighted by molar-refractivity contribution is -0.146. The van der Waals surface area contributed by atoms with Gasteiger partial charge in [-0.05, 0) is 6.42 Å². The van der Waals surface area contributed by atoms with Crippen molar-refractivity contribution in [1.82, 2.24) is 5.32 Å². The summed E-state index contributed by atoms with van der Waals surface area (Å²) in [6.07, 6.45) is 1.02. The molecule has 0 aliphatic carbocycles. The van der Waals surface area contributed by atoms with Crippen LogP contribution in [-0.2, 0) is 38.1 Å². The Hall–Kier alpha value is -2.08. The summed E-state index contributed by atoms with van der Waals surface area (Å²) in [5.74, 6) is -1.28. The molecular formula is C19H34N2O9. The van der Waals surface area contributed by atoms with Gasteiger partial charge in [-0.2, -0.15) is 0 Å². The molecule has 0 rings (SSSR count). The quantitative estimate of drug-likeness (QED) is 0.161. The summed E-state index contributed by atoms with van der Waals surface area (Å²) in [5.41, 5.74) is 5.20. The van der Waals surface area contributed by atoms with Crippen molar-refractivity contribution in [2.75, 3.05) is 59.3 Å². The molecule has 0 aromatic carbocycles. The monoisotopic (exact) mass is 434 g/mol. The molecule has 11 heteroatoms. The van der Waals surface area contributed by atoms with E-state index < -0.39 is 11.9 Å². The van der Waals surface area contributed by atoms with Gasteiger partial charge in [0.25, 0.3) is 0 Å². The van der Waals surface area contributed by atoms with Crippen LogP contribution in [0.25, 0.3) is 0 Å². The lowest BCUT2D eigenvalue weighted by Crippen LogP contribution is -2.28. The van der Waals surface area contributed by atoms with E-state index in [1.54, 1.807) is 0 Å². The molecule has 0 heterocycles. The molecule has 0 unspecified atom stereocenters. The molecule has 11 nitrogen and oxygen atoms in total. The summed E-state index contributed by atoms with van der Waals surface area (Å²) in [5, 5.41) is 11.1. The van der Waals surface area contributed by atoms with E-state index in [1.165, 1.54) is 0 Å². The van der Waals surface area contributed by atoms with Gasteiger partial charge in [-0.1, -0.05) is 0 Å². The van der Waals surface area contributed by atoms with E-state index in [2.05, 4.69) is 5.32 Å². The highest BCUT2D eigenvalue weighted by Crippen LogP contribution is 2.01. The maximum absolute atomic E-state index is 11.6. The van der Waals surface area contributed by atoms with Crippen LogP contribution in [0.3, 0.4) is 0 Å². The topological polar surface area (TPSA) is 163 Å². The second kappa shape index (κ2) is 20.2. The van der Waals surface area contributed by atoms with Crippen molar-refractivity contribution in [1.29, 1.82) is 0 Å². The molecule has 0 bridgehead atoms. The molecule has 0 spiro atoms. The van der Waals surface area contributed by atoms with Crippen molar-refractivity contribution in [2.45, 2.75) is 38.5 Å². The number of esters is 2. The Balaban J connectivity index is 3.48. The fourth-order valence-corrected chi connectivity index (χ4v) is 2.10. The lowest BCUT2D eigenvalue weighted by Gasteiger charge is -2.08. The van der Waals surface area contributed by atoms with Gasteiger partial charge in [-0.15, -0.1) is 0 Å². The van der Waals surface area contributed by atoms with E-state index in [9.17, 15) is 19.2 Å². The van der Waals surface area contributed by atoms with E-state index >= 15 is 0 Å². The number of aliphatic hydroxyl groups is 1. The molecule has 0 aromatic rings. The molecule has 4 N–H and O–H groups in total. The molecule has 30 heavy (non-hydrogen) atoms. The summed E-state index contributed by atoms with van der Waals surface area (Å²) in [6.45, 7) is 1.70. The average Bonchev–Trinajstić information content (AvgIpc) is 2.73. The van der Waals surface area contributed by atoms with Crippen LogP contribution in [0.15, 0.2) is 0 Å². The third-order valence-electron chi connectivity index (χ3n) is 3.58. The third kappa shape index (κ3) is 19.2. The number of nitrogens with one attached hydrogen (secondary N) is 1. The van der Waals surface area contributed by atoms with E-state index in [1.807, 2.05) is 0 Å². The minimum absolute atomic E-state index is 0.0113. The zero-order valence-corrected chi connectivity index (χ0v) is 17.4. The van der Waals surface area contributed by atoms with Crippen LogP contribution in [0.4, 0.5) is 0 Å². The zero-order valence-electron chi connectivity index (χ0n) is 17.4. The van der Waals surface area contributed by atoms with Gasteiger partial charge < -0.3 is 35.1 Å². The first-order valence-corrected chi connectivity index (χ1v) is 10.1. The molecule has 0 saturated heterocycles. The predicted molar refractivity (Wildman–Crippen MR) is 105 cm³/mol. The number of hydrogen-bond acceptors (Lipinski definition) is 10. The number of nitrogens with two attached hydrogens (primary N) is 1. The standard InChI is InChI=1S/C19H34N2O9/c20-7-11-29-19(26)6-4-17(24)21-8-12-28-14-15-30-18(25)5-3-16(23)2-1-10-27-13-9-22/h22H,1-15,20H2,(H,21,24).